The van der Waals surface area contributed by atoms with Gasteiger partial charge in [0, 0.05) is 5.39 Å². The minimum absolute atomic E-state index is 0.169. The molecule has 0 spiro atoms. The van der Waals surface area contributed by atoms with Gasteiger partial charge in [-0.1, -0.05) is 30.3 Å². The first-order valence-corrected chi connectivity index (χ1v) is 8.28. The summed E-state index contributed by atoms with van der Waals surface area (Å²) >= 11 is 3.39. The molecule has 1 aliphatic rings. The summed E-state index contributed by atoms with van der Waals surface area (Å²) in [7, 11) is 0. The van der Waals surface area contributed by atoms with Gasteiger partial charge in [-0.25, -0.2) is 0 Å². The second-order valence-electron chi connectivity index (χ2n) is 5.78. The molecule has 116 valence electrons. The third-order valence-corrected chi connectivity index (χ3v) is 4.71. The van der Waals surface area contributed by atoms with Crippen molar-refractivity contribution in [2.24, 2.45) is 0 Å². The number of rotatable bonds is 4. The van der Waals surface area contributed by atoms with Gasteiger partial charge in [0.05, 0.1) is 5.69 Å². The summed E-state index contributed by atoms with van der Waals surface area (Å²) in [5, 5.41) is 19.4. The lowest BCUT2D eigenvalue weighted by atomic mass is 9.99. The summed E-state index contributed by atoms with van der Waals surface area (Å²) < 4.78 is 2.28. The minimum Gasteiger partial charge on any atom is -0.481 e. The molecular formula is C17H14BrN3O2. The van der Waals surface area contributed by atoms with Crippen LogP contribution in [0.5, 0.6) is 0 Å². The second kappa shape index (κ2) is 5.45. The SMILES string of the molecule is O=C(O)Cc1nnc(Br)n1-c1ccc(C2CC2)c2ccccc12. The van der Waals surface area contributed by atoms with E-state index in [4.69, 9.17) is 5.11 Å². The number of carboxylic acid groups (broad SMARTS) is 1. The van der Waals surface area contributed by atoms with Crippen molar-refractivity contribution in [2.75, 3.05) is 0 Å². The topological polar surface area (TPSA) is 68.0 Å². The second-order valence-corrected chi connectivity index (χ2v) is 6.49. The molecule has 6 heteroatoms. The third-order valence-electron chi connectivity index (χ3n) is 4.19. The van der Waals surface area contributed by atoms with Crippen LogP contribution in [0.2, 0.25) is 0 Å². The van der Waals surface area contributed by atoms with E-state index in [-0.39, 0.29) is 6.42 Å². The molecule has 0 bridgehead atoms. The van der Waals surface area contributed by atoms with E-state index in [1.54, 1.807) is 4.57 Å². The number of benzene rings is 2. The summed E-state index contributed by atoms with van der Waals surface area (Å²) in [6.07, 6.45) is 2.31. The molecule has 0 unspecified atom stereocenters. The molecule has 1 heterocycles. The van der Waals surface area contributed by atoms with E-state index in [9.17, 15) is 4.79 Å². The molecule has 1 N–H and O–H groups in total. The standard InChI is InChI=1S/C17H14BrN3O2/c18-17-20-19-15(9-16(22)23)21(17)14-8-7-11(10-5-6-10)12-3-1-2-4-13(12)14/h1-4,7-8,10H,5-6,9H2,(H,22,23). The smallest absolute Gasteiger partial charge is 0.311 e. The van der Waals surface area contributed by atoms with Crippen molar-refractivity contribution >= 4 is 32.7 Å². The van der Waals surface area contributed by atoms with Gasteiger partial charge >= 0.3 is 5.97 Å². The van der Waals surface area contributed by atoms with Crippen LogP contribution in [0.15, 0.2) is 41.1 Å². The molecule has 0 saturated heterocycles. The number of aromatic nitrogens is 3. The highest BCUT2D eigenvalue weighted by Crippen LogP contribution is 2.44. The molecule has 5 nitrogen and oxygen atoms in total. The molecule has 2 aromatic carbocycles. The monoisotopic (exact) mass is 371 g/mol. The molecule has 0 amide bonds. The Labute approximate surface area is 141 Å². The van der Waals surface area contributed by atoms with Gasteiger partial charge in [-0.15, -0.1) is 10.2 Å². The van der Waals surface area contributed by atoms with Crippen LogP contribution in [0.1, 0.15) is 30.1 Å². The Balaban J connectivity index is 1.95. The van der Waals surface area contributed by atoms with Gasteiger partial charge in [0.2, 0.25) is 4.73 Å². The number of carboxylic acids is 1. The quantitative estimate of drug-likeness (QED) is 0.759. The van der Waals surface area contributed by atoms with E-state index in [1.807, 2.05) is 18.2 Å². The van der Waals surface area contributed by atoms with Crippen LogP contribution in [0.4, 0.5) is 0 Å². The predicted octanol–water partition coefficient (Wildman–Crippen LogP) is 3.69. The summed E-state index contributed by atoms with van der Waals surface area (Å²) in [5.74, 6) is 0.135. The molecule has 1 saturated carbocycles. The van der Waals surface area contributed by atoms with E-state index in [1.165, 1.54) is 23.8 Å². The highest BCUT2D eigenvalue weighted by Gasteiger charge is 2.26. The Kier molecular flexibility index (Phi) is 3.41. The summed E-state index contributed by atoms with van der Waals surface area (Å²) in [6.45, 7) is 0. The van der Waals surface area contributed by atoms with Gasteiger partial charge in [-0.2, -0.15) is 0 Å². The normalized spacial score (nSPS) is 14.3. The van der Waals surface area contributed by atoms with Gasteiger partial charge in [-0.05, 0) is 51.7 Å². The molecule has 0 atom stereocenters. The van der Waals surface area contributed by atoms with Crippen LogP contribution in [-0.2, 0) is 11.2 Å². The molecule has 1 aliphatic carbocycles. The number of aliphatic carboxylic acids is 1. The van der Waals surface area contributed by atoms with E-state index in [2.05, 4.69) is 44.3 Å². The average molecular weight is 372 g/mol. The van der Waals surface area contributed by atoms with Crippen LogP contribution in [0, 0.1) is 0 Å². The fourth-order valence-electron chi connectivity index (χ4n) is 3.03. The molecule has 3 aromatic rings. The number of hydrogen-bond acceptors (Lipinski definition) is 3. The predicted molar refractivity (Wildman–Crippen MR) is 89.9 cm³/mol. The number of carbonyl (C=O) groups is 1. The van der Waals surface area contributed by atoms with Crippen molar-refractivity contribution < 1.29 is 9.90 Å². The zero-order valence-corrected chi connectivity index (χ0v) is 13.8. The number of nitrogens with zero attached hydrogens (tertiary/aromatic N) is 3. The van der Waals surface area contributed by atoms with E-state index < -0.39 is 5.97 Å². The fraction of sp³-hybridized carbons (Fsp3) is 0.235. The minimum atomic E-state index is -0.926. The molecular weight excluding hydrogens is 358 g/mol. The average Bonchev–Trinajstić information content (AvgIpc) is 3.31. The maximum absolute atomic E-state index is 11.1. The molecule has 0 aliphatic heterocycles. The van der Waals surface area contributed by atoms with Crippen LogP contribution < -0.4 is 0 Å². The van der Waals surface area contributed by atoms with Crippen molar-refractivity contribution in [3.05, 3.63) is 52.5 Å². The van der Waals surface area contributed by atoms with Crippen LogP contribution in [-0.4, -0.2) is 25.8 Å². The van der Waals surface area contributed by atoms with E-state index >= 15 is 0 Å². The first kappa shape index (κ1) is 14.4. The maximum Gasteiger partial charge on any atom is 0.311 e. The van der Waals surface area contributed by atoms with Crippen molar-refractivity contribution in [3.63, 3.8) is 0 Å². The van der Waals surface area contributed by atoms with Gasteiger partial charge in [0.15, 0.2) is 0 Å². The zero-order valence-electron chi connectivity index (χ0n) is 12.2. The van der Waals surface area contributed by atoms with Crippen molar-refractivity contribution in [1.82, 2.24) is 14.8 Å². The van der Waals surface area contributed by atoms with Gasteiger partial charge in [0.25, 0.3) is 0 Å². The maximum atomic E-state index is 11.1. The molecule has 1 fully saturated rings. The number of fused-ring (bicyclic) bond motifs is 1. The van der Waals surface area contributed by atoms with Crippen molar-refractivity contribution in [1.29, 1.82) is 0 Å². The lowest BCUT2D eigenvalue weighted by molar-refractivity contribution is -0.136. The van der Waals surface area contributed by atoms with Gasteiger partial charge < -0.3 is 5.11 Å². The van der Waals surface area contributed by atoms with E-state index in [0.29, 0.717) is 16.5 Å². The molecule has 23 heavy (non-hydrogen) atoms. The van der Waals surface area contributed by atoms with Crippen molar-refractivity contribution in [2.45, 2.75) is 25.2 Å². The Morgan fingerprint density at radius 3 is 2.61 bits per heavy atom. The first-order valence-electron chi connectivity index (χ1n) is 7.49. The van der Waals surface area contributed by atoms with Gasteiger partial charge in [0.1, 0.15) is 12.2 Å². The van der Waals surface area contributed by atoms with Crippen LogP contribution in [0.25, 0.3) is 16.5 Å². The lowest BCUT2D eigenvalue weighted by Crippen LogP contribution is -2.09. The highest BCUT2D eigenvalue weighted by molar-refractivity contribution is 9.10. The van der Waals surface area contributed by atoms with Gasteiger partial charge in [-0.3, -0.25) is 9.36 Å². The molecule has 1 aromatic heterocycles. The Morgan fingerprint density at radius 1 is 1.17 bits per heavy atom. The van der Waals surface area contributed by atoms with E-state index in [0.717, 1.165) is 11.1 Å². The Bertz CT molecular complexity index is 915. The molecule has 0 radical (unpaired) electrons. The fourth-order valence-corrected chi connectivity index (χ4v) is 3.51. The van der Waals surface area contributed by atoms with Crippen molar-refractivity contribution in [3.8, 4) is 5.69 Å². The zero-order chi connectivity index (χ0) is 16.0. The highest BCUT2D eigenvalue weighted by atomic mass is 79.9. The summed E-state index contributed by atoms with van der Waals surface area (Å²) in [5.41, 5.74) is 2.27. The molecule has 4 rings (SSSR count). The third kappa shape index (κ3) is 2.53. The van der Waals surface area contributed by atoms with Crippen LogP contribution >= 0.6 is 15.9 Å². The number of halogens is 1. The summed E-state index contributed by atoms with van der Waals surface area (Å²) in [6, 6.07) is 12.4. The summed E-state index contributed by atoms with van der Waals surface area (Å²) in [4.78, 5) is 11.1. The first-order chi connectivity index (χ1) is 11.1. The lowest BCUT2D eigenvalue weighted by Gasteiger charge is -2.13. The number of hydrogen-bond donors (Lipinski definition) is 1. The Morgan fingerprint density at radius 2 is 1.91 bits per heavy atom. The largest absolute Gasteiger partial charge is 0.481 e. The Hall–Kier alpha value is -2.21. The van der Waals surface area contributed by atoms with Crippen LogP contribution in [0.3, 0.4) is 0 Å².